The van der Waals surface area contributed by atoms with E-state index in [9.17, 15) is 0 Å². The van der Waals surface area contributed by atoms with Crippen LogP contribution in [0.2, 0.25) is 5.15 Å². The van der Waals surface area contributed by atoms with Gasteiger partial charge in [0.15, 0.2) is 0 Å². The standard InChI is InChI=1S/C9H10ClNO2/c1-12-9-5-7(4-8(10)11-9)13-6-2-3-6/h4-6H,2-3H2,1H3. The summed E-state index contributed by atoms with van der Waals surface area (Å²) in [7, 11) is 1.56. The fourth-order valence-corrected chi connectivity index (χ4v) is 1.19. The lowest BCUT2D eigenvalue weighted by atomic mass is 10.4. The first-order valence-corrected chi connectivity index (χ1v) is 4.54. The van der Waals surface area contributed by atoms with E-state index in [1.54, 1.807) is 19.2 Å². The molecule has 1 aliphatic carbocycles. The van der Waals surface area contributed by atoms with Crippen LogP contribution in [0, 0.1) is 0 Å². The molecule has 70 valence electrons. The third-order valence-electron chi connectivity index (χ3n) is 1.78. The molecule has 4 heteroatoms. The minimum absolute atomic E-state index is 0.364. The van der Waals surface area contributed by atoms with Gasteiger partial charge in [0.2, 0.25) is 5.88 Å². The first-order valence-electron chi connectivity index (χ1n) is 4.16. The number of nitrogens with zero attached hydrogens (tertiary/aromatic N) is 1. The average Bonchev–Trinajstić information content (AvgIpc) is 2.87. The molecule has 0 unspecified atom stereocenters. The molecule has 1 saturated carbocycles. The van der Waals surface area contributed by atoms with Crippen molar-refractivity contribution in [2.45, 2.75) is 18.9 Å². The van der Waals surface area contributed by atoms with Crippen molar-refractivity contribution in [2.24, 2.45) is 0 Å². The largest absolute Gasteiger partial charge is 0.490 e. The first kappa shape index (κ1) is 8.63. The topological polar surface area (TPSA) is 31.4 Å². The van der Waals surface area contributed by atoms with Crippen molar-refractivity contribution < 1.29 is 9.47 Å². The van der Waals surface area contributed by atoms with Gasteiger partial charge in [-0.1, -0.05) is 11.6 Å². The van der Waals surface area contributed by atoms with Gasteiger partial charge in [-0.05, 0) is 12.8 Å². The second-order valence-electron chi connectivity index (χ2n) is 2.99. The maximum Gasteiger partial charge on any atom is 0.218 e. The van der Waals surface area contributed by atoms with Crippen molar-refractivity contribution in [3.8, 4) is 11.6 Å². The fourth-order valence-electron chi connectivity index (χ4n) is 1.00. The van der Waals surface area contributed by atoms with Crippen LogP contribution in [-0.2, 0) is 0 Å². The predicted molar refractivity (Wildman–Crippen MR) is 49.4 cm³/mol. The van der Waals surface area contributed by atoms with E-state index in [2.05, 4.69) is 4.98 Å². The highest BCUT2D eigenvalue weighted by Crippen LogP contribution is 2.29. The lowest BCUT2D eigenvalue weighted by molar-refractivity contribution is 0.299. The maximum atomic E-state index is 5.76. The van der Waals surface area contributed by atoms with Crippen molar-refractivity contribution >= 4 is 11.6 Å². The van der Waals surface area contributed by atoms with E-state index in [1.807, 2.05) is 0 Å². The Balaban J connectivity index is 2.17. The molecule has 3 nitrogen and oxygen atoms in total. The molecule has 0 N–H and O–H groups in total. The van der Waals surface area contributed by atoms with Gasteiger partial charge >= 0.3 is 0 Å². The number of hydrogen-bond donors (Lipinski definition) is 0. The number of aromatic nitrogens is 1. The van der Waals surface area contributed by atoms with E-state index in [0.29, 0.717) is 17.1 Å². The Morgan fingerprint density at radius 3 is 2.85 bits per heavy atom. The lowest BCUT2D eigenvalue weighted by Crippen LogP contribution is -1.97. The van der Waals surface area contributed by atoms with Crippen molar-refractivity contribution in [3.63, 3.8) is 0 Å². The molecule has 2 rings (SSSR count). The summed E-state index contributed by atoms with van der Waals surface area (Å²) in [6, 6.07) is 3.44. The van der Waals surface area contributed by atoms with Crippen LogP contribution in [0.1, 0.15) is 12.8 Å². The zero-order chi connectivity index (χ0) is 9.26. The second-order valence-corrected chi connectivity index (χ2v) is 3.37. The summed E-state index contributed by atoms with van der Waals surface area (Å²) in [6.07, 6.45) is 2.62. The molecule has 0 amide bonds. The summed E-state index contributed by atoms with van der Waals surface area (Å²) in [5, 5.41) is 0.398. The number of pyridine rings is 1. The highest BCUT2D eigenvalue weighted by molar-refractivity contribution is 6.29. The lowest BCUT2D eigenvalue weighted by Gasteiger charge is -2.05. The fraction of sp³-hybridized carbons (Fsp3) is 0.444. The SMILES string of the molecule is COc1cc(OC2CC2)cc(Cl)n1. The van der Waals surface area contributed by atoms with E-state index in [4.69, 9.17) is 21.1 Å². The number of rotatable bonds is 3. The Labute approximate surface area is 81.6 Å². The average molecular weight is 200 g/mol. The molecular formula is C9H10ClNO2. The van der Waals surface area contributed by atoms with E-state index >= 15 is 0 Å². The Hall–Kier alpha value is -0.960. The van der Waals surface area contributed by atoms with Crippen molar-refractivity contribution in [3.05, 3.63) is 17.3 Å². The van der Waals surface area contributed by atoms with Gasteiger partial charge in [-0.3, -0.25) is 0 Å². The van der Waals surface area contributed by atoms with Crippen LogP contribution in [-0.4, -0.2) is 18.2 Å². The molecule has 13 heavy (non-hydrogen) atoms. The van der Waals surface area contributed by atoms with Gasteiger partial charge in [0.05, 0.1) is 13.2 Å². The maximum absolute atomic E-state index is 5.76. The van der Waals surface area contributed by atoms with Crippen LogP contribution in [0.4, 0.5) is 0 Å². The van der Waals surface area contributed by atoms with Crippen LogP contribution in [0.3, 0.4) is 0 Å². The summed E-state index contributed by atoms with van der Waals surface area (Å²) in [5.41, 5.74) is 0. The Bertz CT molecular complexity index is 312. The number of ether oxygens (including phenoxy) is 2. The molecule has 1 aromatic rings. The third-order valence-corrected chi connectivity index (χ3v) is 1.97. The molecule has 0 aliphatic heterocycles. The third kappa shape index (κ3) is 2.25. The van der Waals surface area contributed by atoms with Gasteiger partial charge in [-0.15, -0.1) is 0 Å². The first-order chi connectivity index (χ1) is 6.28. The van der Waals surface area contributed by atoms with Crippen LogP contribution in [0.5, 0.6) is 11.6 Å². The van der Waals surface area contributed by atoms with Crippen LogP contribution < -0.4 is 9.47 Å². The highest BCUT2D eigenvalue weighted by Gasteiger charge is 2.23. The molecule has 0 saturated heterocycles. The second kappa shape index (κ2) is 3.42. The molecule has 1 fully saturated rings. The highest BCUT2D eigenvalue weighted by atomic mass is 35.5. The van der Waals surface area contributed by atoms with E-state index in [-0.39, 0.29) is 0 Å². The van der Waals surface area contributed by atoms with E-state index in [1.165, 1.54) is 0 Å². The molecule has 1 heterocycles. The van der Waals surface area contributed by atoms with Gasteiger partial charge in [-0.25, -0.2) is 4.98 Å². The molecule has 0 atom stereocenters. The van der Waals surface area contributed by atoms with Crippen LogP contribution in [0.25, 0.3) is 0 Å². The zero-order valence-electron chi connectivity index (χ0n) is 7.29. The molecule has 1 aliphatic rings. The minimum Gasteiger partial charge on any atom is -0.490 e. The summed E-state index contributed by atoms with van der Waals surface area (Å²) in [6.45, 7) is 0. The molecule has 0 aromatic carbocycles. The van der Waals surface area contributed by atoms with Gasteiger partial charge in [-0.2, -0.15) is 0 Å². The minimum atomic E-state index is 0.364. The van der Waals surface area contributed by atoms with Crippen LogP contribution in [0.15, 0.2) is 12.1 Å². The Morgan fingerprint density at radius 1 is 1.46 bits per heavy atom. The Kier molecular flexibility index (Phi) is 2.27. The van der Waals surface area contributed by atoms with Crippen molar-refractivity contribution in [1.29, 1.82) is 0 Å². The molecule has 0 radical (unpaired) electrons. The Morgan fingerprint density at radius 2 is 2.23 bits per heavy atom. The smallest absolute Gasteiger partial charge is 0.218 e. The molecule has 0 bridgehead atoms. The normalized spacial score (nSPS) is 15.5. The van der Waals surface area contributed by atoms with Gasteiger partial charge in [0.25, 0.3) is 0 Å². The number of methoxy groups -OCH3 is 1. The quantitative estimate of drug-likeness (QED) is 0.700. The molecule has 1 aromatic heterocycles. The zero-order valence-corrected chi connectivity index (χ0v) is 8.04. The van der Waals surface area contributed by atoms with Gasteiger partial charge < -0.3 is 9.47 Å². The summed E-state index contributed by atoms with van der Waals surface area (Å²) in [4.78, 5) is 3.94. The van der Waals surface area contributed by atoms with E-state index in [0.717, 1.165) is 18.6 Å². The summed E-state index contributed by atoms with van der Waals surface area (Å²) in [5.74, 6) is 1.22. The number of hydrogen-bond acceptors (Lipinski definition) is 3. The van der Waals surface area contributed by atoms with Crippen molar-refractivity contribution in [1.82, 2.24) is 4.98 Å². The summed E-state index contributed by atoms with van der Waals surface area (Å²) >= 11 is 5.76. The van der Waals surface area contributed by atoms with Crippen molar-refractivity contribution in [2.75, 3.05) is 7.11 Å². The predicted octanol–water partition coefficient (Wildman–Crippen LogP) is 2.28. The van der Waals surface area contributed by atoms with Gasteiger partial charge in [0.1, 0.15) is 10.9 Å². The monoisotopic (exact) mass is 199 g/mol. The van der Waals surface area contributed by atoms with Crippen LogP contribution >= 0.6 is 11.6 Å². The summed E-state index contributed by atoms with van der Waals surface area (Å²) < 4.78 is 10.5. The van der Waals surface area contributed by atoms with E-state index < -0.39 is 0 Å². The number of halogens is 1. The molecular weight excluding hydrogens is 190 g/mol. The molecule has 0 spiro atoms. The van der Waals surface area contributed by atoms with Gasteiger partial charge in [0, 0.05) is 12.1 Å².